The van der Waals surface area contributed by atoms with Crippen molar-refractivity contribution in [3.8, 4) is 11.5 Å². The van der Waals surface area contributed by atoms with Crippen molar-refractivity contribution in [2.75, 3.05) is 13.7 Å². The Hall–Kier alpha value is -4.26. The molecule has 0 aromatic heterocycles. The molecule has 1 atom stereocenters. The highest BCUT2D eigenvalue weighted by Crippen LogP contribution is 2.36. The fraction of sp³-hybridized carbons (Fsp3) is 0.214. The molecule has 7 heteroatoms. The van der Waals surface area contributed by atoms with E-state index in [9.17, 15) is 9.59 Å². The van der Waals surface area contributed by atoms with Gasteiger partial charge in [-0.1, -0.05) is 66.2 Å². The second-order valence-electron chi connectivity index (χ2n) is 8.09. The van der Waals surface area contributed by atoms with Crippen molar-refractivity contribution >= 4 is 17.7 Å². The molecule has 7 nitrogen and oxygen atoms in total. The lowest BCUT2D eigenvalue weighted by Crippen LogP contribution is -2.45. The first kappa shape index (κ1) is 23.9. The van der Waals surface area contributed by atoms with E-state index in [4.69, 9.17) is 14.2 Å². The van der Waals surface area contributed by atoms with Gasteiger partial charge in [0.05, 0.1) is 31.0 Å². The Morgan fingerprint density at radius 3 is 2.40 bits per heavy atom. The summed E-state index contributed by atoms with van der Waals surface area (Å²) in [4.78, 5) is 25.6. The van der Waals surface area contributed by atoms with Gasteiger partial charge in [0, 0.05) is 0 Å². The number of carbonyl (C=O) groups excluding carboxylic acids is 2. The van der Waals surface area contributed by atoms with Crippen molar-refractivity contribution in [3.63, 3.8) is 0 Å². The summed E-state index contributed by atoms with van der Waals surface area (Å²) in [6.45, 7) is 4.37. The monoisotopic (exact) mass is 472 g/mol. The van der Waals surface area contributed by atoms with Crippen LogP contribution in [0.2, 0.25) is 0 Å². The zero-order valence-corrected chi connectivity index (χ0v) is 20.0. The molecule has 3 aromatic rings. The number of hydrogen-bond donors (Lipinski definition) is 2. The average Bonchev–Trinajstić information content (AvgIpc) is 2.88. The molecule has 0 aliphatic carbocycles. The third kappa shape index (κ3) is 5.46. The third-order valence-corrected chi connectivity index (χ3v) is 5.67. The van der Waals surface area contributed by atoms with Crippen LogP contribution in [0.25, 0.3) is 5.70 Å². The number of esters is 1. The third-order valence-electron chi connectivity index (χ3n) is 5.67. The molecular weight excluding hydrogens is 444 g/mol. The maximum atomic E-state index is 13.0. The maximum absolute atomic E-state index is 13.0. The molecule has 180 valence electrons. The van der Waals surface area contributed by atoms with Crippen molar-refractivity contribution in [2.45, 2.75) is 26.5 Å². The largest absolute Gasteiger partial charge is 0.493 e. The minimum absolute atomic E-state index is 0.209. The van der Waals surface area contributed by atoms with Gasteiger partial charge in [-0.25, -0.2) is 9.59 Å². The summed E-state index contributed by atoms with van der Waals surface area (Å²) in [5.74, 6) is 0.538. The van der Waals surface area contributed by atoms with Crippen molar-refractivity contribution in [2.24, 2.45) is 0 Å². The molecule has 0 saturated carbocycles. The molecule has 4 rings (SSSR count). The van der Waals surface area contributed by atoms with E-state index < -0.39 is 18.0 Å². The number of benzene rings is 3. The lowest BCUT2D eigenvalue weighted by atomic mass is 9.92. The van der Waals surface area contributed by atoms with E-state index in [1.54, 1.807) is 26.2 Å². The lowest BCUT2D eigenvalue weighted by Gasteiger charge is -2.30. The highest BCUT2D eigenvalue weighted by molar-refractivity contribution is 6.04. The number of rotatable bonds is 8. The molecule has 2 N–H and O–H groups in total. The van der Waals surface area contributed by atoms with Gasteiger partial charge in [0.2, 0.25) is 0 Å². The Morgan fingerprint density at radius 1 is 0.971 bits per heavy atom. The van der Waals surface area contributed by atoms with E-state index in [0.717, 1.165) is 5.56 Å². The fourth-order valence-electron chi connectivity index (χ4n) is 3.90. The zero-order chi connectivity index (χ0) is 24.8. The van der Waals surface area contributed by atoms with Gasteiger partial charge in [-0.15, -0.1) is 0 Å². The predicted octanol–water partition coefficient (Wildman–Crippen LogP) is 4.91. The topological polar surface area (TPSA) is 85.9 Å². The van der Waals surface area contributed by atoms with Crippen LogP contribution in [-0.4, -0.2) is 25.7 Å². The number of ether oxygens (including phenoxy) is 3. The summed E-state index contributed by atoms with van der Waals surface area (Å²) >= 11 is 0. The maximum Gasteiger partial charge on any atom is 0.338 e. The summed E-state index contributed by atoms with van der Waals surface area (Å²) in [5, 5.41) is 5.63. The molecule has 3 aromatic carbocycles. The molecule has 1 aliphatic rings. The highest BCUT2D eigenvalue weighted by Gasteiger charge is 2.34. The summed E-state index contributed by atoms with van der Waals surface area (Å²) in [6.07, 6.45) is 0. The Bertz CT molecular complexity index is 1240. The number of urea groups is 1. The van der Waals surface area contributed by atoms with E-state index in [2.05, 4.69) is 10.6 Å². The molecule has 2 amide bonds. The van der Waals surface area contributed by atoms with Crippen LogP contribution in [0.1, 0.15) is 35.2 Å². The predicted molar refractivity (Wildman–Crippen MR) is 133 cm³/mol. The number of amides is 2. The van der Waals surface area contributed by atoms with Gasteiger partial charge in [-0.3, -0.25) is 0 Å². The molecule has 1 unspecified atom stereocenters. The summed E-state index contributed by atoms with van der Waals surface area (Å²) < 4.78 is 16.9. The Morgan fingerprint density at radius 2 is 1.71 bits per heavy atom. The van der Waals surface area contributed by atoms with Gasteiger partial charge in [0.25, 0.3) is 0 Å². The number of hydrogen-bond acceptors (Lipinski definition) is 5. The normalized spacial score (nSPS) is 15.2. The van der Waals surface area contributed by atoms with E-state index in [0.29, 0.717) is 40.5 Å². The van der Waals surface area contributed by atoms with E-state index in [-0.39, 0.29) is 6.61 Å². The van der Waals surface area contributed by atoms with Crippen LogP contribution in [0, 0.1) is 6.92 Å². The second kappa shape index (κ2) is 10.8. The van der Waals surface area contributed by atoms with Crippen molar-refractivity contribution in [1.82, 2.24) is 10.6 Å². The van der Waals surface area contributed by atoms with Crippen LogP contribution in [-0.2, 0) is 16.1 Å². The molecule has 0 fully saturated rings. The zero-order valence-electron chi connectivity index (χ0n) is 20.0. The summed E-state index contributed by atoms with van der Waals surface area (Å²) in [5.41, 5.74) is 4.31. The standard InChI is InChI=1S/C28H28N2O5/c1-4-34-27(31)24-25(20-8-6-5-7-9-20)29-28(32)30-26(24)21-14-15-22(23(16-21)33-3)35-17-19-12-10-18(2)11-13-19/h5-16,26H,4,17H2,1-3H3,(H2,29,30,32). The average molecular weight is 473 g/mol. The molecule has 0 radical (unpaired) electrons. The number of methoxy groups -OCH3 is 1. The van der Waals surface area contributed by atoms with E-state index >= 15 is 0 Å². The molecule has 1 aliphatic heterocycles. The molecular formula is C28H28N2O5. The Labute approximate surface area is 204 Å². The molecule has 1 heterocycles. The number of aryl methyl sites for hydroxylation is 1. The van der Waals surface area contributed by atoms with Crippen LogP contribution < -0.4 is 20.1 Å². The molecule has 0 bridgehead atoms. The first-order valence-corrected chi connectivity index (χ1v) is 11.4. The van der Waals surface area contributed by atoms with Gasteiger partial charge >= 0.3 is 12.0 Å². The smallest absolute Gasteiger partial charge is 0.338 e. The van der Waals surface area contributed by atoms with Crippen LogP contribution in [0.15, 0.2) is 78.4 Å². The summed E-state index contributed by atoms with van der Waals surface area (Å²) in [6, 6.07) is 21.5. The van der Waals surface area contributed by atoms with Gasteiger partial charge in [-0.2, -0.15) is 0 Å². The van der Waals surface area contributed by atoms with E-state index in [1.165, 1.54) is 5.56 Å². The minimum atomic E-state index is -0.738. The Balaban J connectivity index is 1.70. The van der Waals surface area contributed by atoms with Gasteiger partial charge in [0.1, 0.15) is 6.61 Å². The number of nitrogens with one attached hydrogen (secondary N) is 2. The fourth-order valence-corrected chi connectivity index (χ4v) is 3.90. The number of carbonyl (C=O) groups is 2. The van der Waals surface area contributed by atoms with Gasteiger partial charge < -0.3 is 24.8 Å². The molecule has 0 spiro atoms. The first-order chi connectivity index (χ1) is 17.0. The van der Waals surface area contributed by atoms with Crippen LogP contribution in [0.4, 0.5) is 4.79 Å². The quantitative estimate of drug-likeness (QED) is 0.455. The molecule has 0 saturated heterocycles. The minimum Gasteiger partial charge on any atom is -0.493 e. The summed E-state index contributed by atoms with van der Waals surface area (Å²) in [7, 11) is 1.55. The SMILES string of the molecule is CCOC(=O)C1=C(c2ccccc2)NC(=O)NC1c1ccc(OCc2ccc(C)cc2)c(OC)c1. The van der Waals surface area contributed by atoms with Crippen LogP contribution in [0.5, 0.6) is 11.5 Å². The Kier molecular flexibility index (Phi) is 7.35. The van der Waals surface area contributed by atoms with Crippen molar-refractivity contribution < 1.29 is 23.8 Å². The van der Waals surface area contributed by atoms with Crippen molar-refractivity contribution in [1.29, 1.82) is 0 Å². The highest BCUT2D eigenvalue weighted by atomic mass is 16.5. The van der Waals surface area contributed by atoms with Crippen LogP contribution in [0.3, 0.4) is 0 Å². The lowest BCUT2D eigenvalue weighted by molar-refractivity contribution is -0.138. The molecule has 35 heavy (non-hydrogen) atoms. The first-order valence-electron chi connectivity index (χ1n) is 11.4. The van der Waals surface area contributed by atoms with Gasteiger partial charge in [0.15, 0.2) is 11.5 Å². The van der Waals surface area contributed by atoms with Crippen LogP contribution >= 0.6 is 0 Å². The second-order valence-corrected chi connectivity index (χ2v) is 8.09. The van der Waals surface area contributed by atoms with Crippen molar-refractivity contribution in [3.05, 3.63) is 101 Å². The van der Waals surface area contributed by atoms with Gasteiger partial charge in [-0.05, 0) is 42.7 Å². The van der Waals surface area contributed by atoms with E-state index in [1.807, 2.05) is 67.6 Å².